The fourth-order valence-electron chi connectivity index (χ4n) is 1.55. The van der Waals surface area contributed by atoms with Gasteiger partial charge in [0.05, 0.1) is 6.26 Å². The topological polar surface area (TPSA) is 68.3 Å². The summed E-state index contributed by atoms with van der Waals surface area (Å²) in [7, 11) is 0. The molecular weight excluding hydrogens is 220 g/mol. The Morgan fingerprint density at radius 2 is 2.41 bits per heavy atom. The van der Waals surface area contributed by atoms with Crippen LogP contribution in [0.1, 0.15) is 28.9 Å². The highest BCUT2D eigenvalue weighted by Crippen LogP contribution is 2.05. The van der Waals surface area contributed by atoms with E-state index in [1.165, 1.54) is 0 Å². The molecular formula is C12H14N2O3. The summed E-state index contributed by atoms with van der Waals surface area (Å²) in [5.41, 5.74) is 0.300. The third-order valence-corrected chi connectivity index (χ3v) is 2.33. The van der Waals surface area contributed by atoms with Gasteiger partial charge in [0.15, 0.2) is 5.69 Å². The number of carbonyl (C=O) groups excluding carboxylic acids is 1. The minimum absolute atomic E-state index is 0.0225. The molecule has 0 aromatic carbocycles. The predicted octanol–water partition coefficient (Wildman–Crippen LogP) is 1.94. The summed E-state index contributed by atoms with van der Waals surface area (Å²) in [6.07, 6.45) is 2.26. The number of nitrogens with zero attached hydrogens (tertiary/aromatic N) is 1. The van der Waals surface area contributed by atoms with Crippen molar-refractivity contribution in [3.63, 3.8) is 0 Å². The second-order valence-electron chi connectivity index (χ2n) is 3.98. The summed E-state index contributed by atoms with van der Waals surface area (Å²) in [6.45, 7) is 3.66. The molecule has 2 aromatic heterocycles. The number of furan rings is 1. The molecule has 2 heterocycles. The van der Waals surface area contributed by atoms with Crippen molar-refractivity contribution >= 4 is 5.91 Å². The lowest BCUT2D eigenvalue weighted by Gasteiger charge is -2.10. The maximum atomic E-state index is 11.7. The molecule has 0 unspecified atom stereocenters. The number of hydrogen-bond acceptors (Lipinski definition) is 4. The van der Waals surface area contributed by atoms with E-state index in [2.05, 4.69) is 10.5 Å². The van der Waals surface area contributed by atoms with Crippen LogP contribution < -0.4 is 5.32 Å². The zero-order valence-corrected chi connectivity index (χ0v) is 9.77. The molecule has 1 atom stereocenters. The molecule has 0 spiro atoms. The van der Waals surface area contributed by atoms with Crippen LogP contribution in [0, 0.1) is 6.92 Å². The molecule has 90 valence electrons. The lowest BCUT2D eigenvalue weighted by atomic mass is 10.2. The quantitative estimate of drug-likeness (QED) is 0.877. The lowest BCUT2D eigenvalue weighted by Crippen LogP contribution is -2.34. The van der Waals surface area contributed by atoms with Gasteiger partial charge >= 0.3 is 0 Å². The Bertz CT molecular complexity index is 488. The number of amides is 1. The smallest absolute Gasteiger partial charge is 0.273 e. The largest absolute Gasteiger partial charge is 0.469 e. The average molecular weight is 234 g/mol. The maximum absolute atomic E-state index is 11.7. The van der Waals surface area contributed by atoms with Crippen molar-refractivity contribution in [3.8, 4) is 0 Å². The highest BCUT2D eigenvalue weighted by atomic mass is 16.5. The van der Waals surface area contributed by atoms with E-state index in [0.717, 1.165) is 5.76 Å². The first kappa shape index (κ1) is 11.4. The van der Waals surface area contributed by atoms with Crippen molar-refractivity contribution in [2.75, 3.05) is 0 Å². The van der Waals surface area contributed by atoms with E-state index in [-0.39, 0.29) is 11.9 Å². The van der Waals surface area contributed by atoms with E-state index < -0.39 is 0 Å². The number of rotatable bonds is 4. The first-order valence-electron chi connectivity index (χ1n) is 5.41. The minimum atomic E-state index is -0.235. The summed E-state index contributed by atoms with van der Waals surface area (Å²) < 4.78 is 10.1. The molecule has 0 aliphatic rings. The summed E-state index contributed by atoms with van der Waals surface area (Å²) in [5, 5.41) is 6.48. The Morgan fingerprint density at radius 3 is 3.00 bits per heavy atom. The lowest BCUT2D eigenvalue weighted by molar-refractivity contribution is 0.0930. The predicted molar refractivity (Wildman–Crippen MR) is 60.6 cm³/mol. The van der Waals surface area contributed by atoms with Crippen LogP contribution in [-0.2, 0) is 6.42 Å². The monoisotopic (exact) mass is 234 g/mol. The minimum Gasteiger partial charge on any atom is -0.469 e. The maximum Gasteiger partial charge on any atom is 0.273 e. The highest BCUT2D eigenvalue weighted by molar-refractivity contribution is 5.92. The Hall–Kier alpha value is -2.04. The summed E-state index contributed by atoms with van der Waals surface area (Å²) in [6, 6.07) is 5.29. The number of hydrogen-bond donors (Lipinski definition) is 1. The van der Waals surface area contributed by atoms with Crippen LogP contribution in [0.4, 0.5) is 0 Å². The van der Waals surface area contributed by atoms with Crippen molar-refractivity contribution in [2.24, 2.45) is 0 Å². The van der Waals surface area contributed by atoms with Crippen LogP contribution in [0.15, 0.2) is 33.4 Å². The van der Waals surface area contributed by atoms with Crippen molar-refractivity contribution in [3.05, 3.63) is 41.7 Å². The number of carbonyl (C=O) groups is 1. The van der Waals surface area contributed by atoms with Crippen molar-refractivity contribution in [1.29, 1.82) is 0 Å². The van der Waals surface area contributed by atoms with Crippen LogP contribution in [0.5, 0.6) is 0 Å². The fourth-order valence-corrected chi connectivity index (χ4v) is 1.55. The molecule has 1 amide bonds. The van der Waals surface area contributed by atoms with Gasteiger partial charge in [0.1, 0.15) is 11.5 Å². The summed E-state index contributed by atoms with van der Waals surface area (Å²) >= 11 is 0. The average Bonchev–Trinajstić information content (AvgIpc) is 2.89. The van der Waals surface area contributed by atoms with E-state index in [1.54, 1.807) is 19.3 Å². The zero-order valence-electron chi connectivity index (χ0n) is 9.77. The Morgan fingerprint density at radius 1 is 1.59 bits per heavy atom. The van der Waals surface area contributed by atoms with E-state index in [1.807, 2.05) is 19.1 Å². The molecule has 2 aromatic rings. The summed E-state index contributed by atoms with van der Waals surface area (Å²) in [4.78, 5) is 11.7. The second-order valence-corrected chi connectivity index (χ2v) is 3.98. The van der Waals surface area contributed by atoms with Gasteiger partial charge in [-0.2, -0.15) is 0 Å². The van der Waals surface area contributed by atoms with Gasteiger partial charge in [0.2, 0.25) is 0 Å². The normalized spacial score (nSPS) is 12.4. The molecule has 0 aliphatic carbocycles. The molecule has 0 aliphatic heterocycles. The van der Waals surface area contributed by atoms with Gasteiger partial charge in [-0.3, -0.25) is 4.79 Å². The number of aromatic nitrogens is 1. The number of aryl methyl sites for hydroxylation is 1. The van der Waals surface area contributed by atoms with Crippen LogP contribution in [0.2, 0.25) is 0 Å². The highest BCUT2D eigenvalue weighted by Gasteiger charge is 2.14. The molecule has 2 rings (SSSR count). The SMILES string of the molecule is Cc1cc(C(=O)N[C@@H](C)Cc2ccco2)no1. The summed E-state index contributed by atoms with van der Waals surface area (Å²) in [5.74, 6) is 1.23. The second kappa shape index (κ2) is 4.86. The van der Waals surface area contributed by atoms with Crippen molar-refractivity contribution < 1.29 is 13.7 Å². The van der Waals surface area contributed by atoms with Gasteiger partial charge in [-0.1, -0.05) is 5.16 Å². The molecule has 0 fully saturated rings. The molecule has 5 heteroatoms. The van der Waals surface area contributed by atoms with Crippen LogP contribution in [0.3, 0.4) is 0 Å². The van der Waals surface area contributed by atoms with E-state index >= 15 is 0 Å². The zero-order chi connectivity index (χ0) is 12.3. The molecule has 0 saturated carbocycles. The van der Waals surface area contributed by atoms with E-state index in [0.29, 0.717) is 17.9 Å². The molecule has 0 bridgehead atoms. The van der Waals surface area contributed by atoms with Crippen LogP contribution >= 0.6 is 0 Å². The Kier molecular flexibility index (Phi) is 3.27. The van der Waals surface area contributed by atoms with Gasteiger partial charge in [-0.15, -0.1) is 0 Å². The third-order valence-electron chi connectivity index (χ3n) is 2.33. The number of nitrogens with one attached hydrogen (secondary N) is 1. The van der Waals surface area contributed by atoms with E-state index in [9.17, 15) is 4.79 Å². The van der Waals surface area contributed by atoms with E-state index in [4.69, 9.17) is 8.94 Å². The van der Waals surface area contributed by atoms with Gasteiger partial charge in [0.25, 0.3) is 5.91 Å². The molecule has 0 saturated heterocycles. The standard InChI is InChI=1S/C12H14N2O3/c1-8(6-10-4-3-5-16-10)13-12(15)11-7-9(2)17-14-11/h3-5,7-8H,6H2,1-2H3,(H,13,15)/t8-/m0/s1. The Balaban J connectivity index is 1.90. The molecule has 1 N–H and O–H groups in total. The van der Waals surface area contributed by atoms with Crippen LogP contribution in [0.25, 0.3) is 0 Å². The fraction of sp³-hybridized carbons (Fsp3) is 0.333. The molecule has 5 nitrogen and oxygen atoms in total. The molecule has 0 radical (unpaired) electrons. The van der Waals surface area contributed by atoms with Crippen LogP contribution in [-0.4, -0.2) is 17.1 Å². The third kappa shape index (κ3) is 2.96. The first-order chi connectivity index (χ1) is 8.15. The van der Waals surface area contributed by atoms with Gasteiger partial charge < -0.3 is 14.3 Å². The Labute approximate surface area is 98.8 Å². The first-order valence-corrected chi connectivity index (χ1v) is 5.41. The molecule has 17 heavy (non-hydrogen) atoms. The van der Waals surface area contributed by atoms with Gasteiger partial charge in [0, 0.05) is 18.5 Å². The van der Waals surface area contributed by atoms with Crippen molar-refractivity contribution in [1.82, 2.24) is 10.5 Å². The van der Waals surface area contributed by atoms with Gasteiger partial charge in [-0.05, 0) is 26.0 Å². The van der Waals surface area contributed by atoms with Crippen molar-refractivity contribution in [2.45, 2.75) is 26.3 Å². The van der Waals surface area contributed by atoms with Gasteiger partial charge in [-0.25, -0.2) is 0 Å².